The van der Waals surface area contributed by atoms with Gasteiger partial charge in [-0.15, -0.1) is 0 Å². The molecule has 2 rings (SSSR count). The van der Waals surface area contributed by atoms with Gasteiger partial charge in [0.05, 0.1) is 22.5 Å². The molecule has 2 atom stereocenters. The molecule has 2 unspecified atom stereocenters. The Labute approximate surface area is 155 Å². The largest absolute Gasteiger partial charge is 0.489 e. The maximum absolute atomic E-state index is 12.5. The Morgan fingerprint density at radius 3 is 2.42 bits per heavy atom. The molecule has 0 saturated heterocycles. The Balaban J connectivity index is 2.20. The molecule has 0 aromatic heterocycles. The molecule has 2 aromatic carbocycles. The maximum atomic E-state index is 12.5. The first-order valence-corrected chi connectivity index (χ1v) is 8.74. The van der Waals surface area contributed by atoms with Crippen LogP contribution in [0.3, 0.4) is 0 Å². The van der Waals surface area contributed by atoms with Crippen LogP contribution >= 0.6 is 31.9 Å². The molecular weight excluding hydrogens is 444 g/mol. The summed E-state index contributed by atoms with van der Waals surface area (Å²) in [6.07, 6.45) is 0. The number of para-hydroxylation sites is 1. The number of nitro groups is 1. The Kier molecular flexibility index (Phi) is 6.33. The first-order valence-electron chi connectivity index (χ1n) is 6.91. The average Bonchev–Trinajstić information content (AvgIpc) is 2.60. The van der Waals surface area contributed by atoms with Crippen molar-refractivity contribution >= 4 is 49.1 Å². The Hall–Kier alpha value is -1.93. The summed E-state index contributed by atoms with van der Waals surface area (Å²) in [4.78, 5) is 22.1. The quantitative estimate of drug-likeness (QED) is 0.395. The van der Waals surface area contributed by atoms with E-state index >= 15 is 0 Å². The van der Waals surface area contributed by atoms with Crippen LogP contribution in [-0.2, 0) is 4.79 Å². The van der Waals surface area contributed by atoms with E-state index in [0.717, 1.165) is 5.56 Å². The van der Waals surface area contributed by atoms with Crippen molar-refractivity contribution in [1.29, 1.82) is 0 Å². The third-order valence-electron chi connectivity index (χ3n) is 3.28. The minimum atomic E-state index is -0.580. The number of anilines is 1. The normalized spacial score (nSPS) is 13.0. The lowest BCUT2D eigenvalue weighted by Crippen LogP contribution is -2.26. The summed E-state index contributed by atoms with van der Waals surface area (Å²) in [5, 5.41) is 13.7. The fourth-order valence-corrected chi connectivity index (χ4v) is 3.09. The summed E-state index contributed by atoms with van der Waals surface area (Å²) in [6, 6.07) is 13.8. The minimum absolute atomic E-state index is 0.0152. The first-order chi connectivity index (χ1) is 11.5. The number of halogens is 2. The molecule has 0 saturated carbocycles. The summed E-state index contributed by atoms with van der Waals surface area (Å²) in [5.41, 5.74) is 0.967. The van der Waals surface area contributed by atoms with E-state index in [4.69, 9.17) is 4.74 Å². The smallest absolute Gasteiger partial charge is 0.313 e. The number of amides is 1. The zero-order valence-electron chi connectivity index (χ0n) is 12.6. The van der Waals surface area contributed by atoms with Crippen molar-refractivity contribution in [2.75, 3.05) is 12.4 Å². The molecule has 0 aliphatic heterocycles. The van der Waals surface area contributed by atoms with Crippen LogP contribution in [0.5, 0.6) is 5.75 Å². The number of benzene rings is 2. The highest BCUT2D eigenvalue weighted by Gasteiger charge is 2.27. The van der Waals surface area contributed by atoms with Crippen molar-refractivity contribution in [1.82, 2.24) is 0 Å². The fourth-order valence-electron chi connectivity index (χ4n) is 2.12. The van der Waals surface area contributed by atoms with Gasteiger partial charge in [0.2, 0.25) is 11.7 Å². The number of alkyl halides is 2. The number of carbonyl (C=O) groups excluding carboxylic acids is 1. The van der Waals surface area contributed by atoms with E-state index in [1.165, 1.54) is 19.2 Å². The molecule has 8 heteroatoms. The first kappa shape index (κ1) is 18.4. The van der Waals surface area contributed by atoms with Crippen molar-refractivity contribution in [2.45, 2.75) is 9.65 Å². The molecule has 6 nitrogen and oxygen atoms in total. The third kappa shape index (κ3) is 4.12. The van der Waals surface area contributed by atoms with Crippen molar-refractivity contribution in [3.63, 3.8) is 0 Å². The van der Waals surface area contributed by atoms with E-state index in [2.05, 4.69) is 37.2 Å². The summed E-state index contributed by atoms with van der Waals surface area (Å²) < 4.78 is 5.08. The van der Waals surface area contributed by atoms with Crippen LogP contribution in [-0.4, -0.2) is 22.8 Å². The van der Waals surface area contributed by atoms with Crippen LogP contribution in [0.25, 0.3) is 0 Å². The third-order valence-corrected chi connectivity index (χ3v) is 5.99. The monoisotopic (exact) mass is 456 g/mol. The van der Waals surface area contributed by atoms with Crippen LogP contribution in [0, 0.1) is 10.1 Å². The minimum Gasteiger partial charge on any atom is -0.489 e. The lowest BCUT2D eigenvalue weighted by molar-refractivity contribution is -0.385. The van der Waals surface area contributed by atoms with E-state index in [-0.39, 0.29) is 27.9 Å². The molecule has 1 N–H and O–H groups in total. The molecule has 0 spiro atoms. The van der Waals surface area contributed by atoms with Gasteiger partial charge >= 0.3 is 5.69 Å². The summed E-state index contributed by atoms with van der Waals surface area (Å²) in [6.45, 7) is 0. The number of nitro benzene ring substituents is 1. The van der Waals surface area contributed by atoms with Crippen LogP contribution < -0.4 is 10.1 Å². The lowest BCUT2D eigenvalue weighted by atomic mass is 10.1. The van der Waals surface area contributed by atoms with Crippen LogP contribution in [0.2, 0.25) is 0 Å². The highest BCUT2D eigenvalue weighted by atomic mass is 79.9. The number of hydrogen-bond donors (Lipinski definition) is 1. The molecule has 0 radical (unpaired) electrons. The Morgan fingerprint density at radius 2 is 1.83 bits per heavy atom. The van der Waals surface area contributed by atoms with Gasteiger partial charge in [0.1, 0.15) is 4.83 Å². The zero-order chi connectivity index (χ0) is 17.7. The number of methoxy groups -OCH3 is 1. The van der Waals surface area contributed by atoms with Gasteiger partial charge in [0, 0.05) is 6.07 Å². The SMILES string of the molecule is COc1c(NC(=O)C(Br)C(Br)c2ccccc2)cccc1[N+](=O)[O-]. The van der Waals surface area contributed by atoms with Crippen molar-refractivity contribution in [3.05, 3.63) is 64.2 Å². The maximum Gasteiger partial charge on any atom is 0.313 e. The number of nitrogens with one attached hydrogen (secondary N) is 1. The summed E-state index contributed by atoms with van der Waals surface area (Å²) in [5.74, 6) is -0.332. The topological polar surface area (TPSA) is 81.5 Å². The molecule has 24 heavy (non-hydrogen) atoms. The molecule has 0 aliphatic carbocycles. The van der Waals surface area contributed by atoms with Crippen molar-refractivity contribution < 1.29 is 14.5 Å². The number of rotatable bonds is 6. The molecule has 1 amide bonds. The Bertz CT molecular complexity index is 740. The average molecular weight is 458 g/mol. The standard InChI is InChI=1S/C16H14Br2N2O4/c1-24-15-11(8-5-9-12(15)20(22)23)19-16(21)14(18)13(17)10-6-3-2-4-7-10/h2-9,13-14H,1H3,(H,19,21). The predicted molar refractivity (Wildman–Crippen MR) is 99.1 cm³/mol. The number of carbonyl (C=O) groups is 1. The Morgan fingerprint density at radius 1 is 1.17 bits per heavy atom. The molecule has 0 heterocycles. The molecule has 126 valence electrons. The molecular formula is C16H14Br2N2O4. The second-order valence-electron chi connectivity index (χ2n) is 4.82. The van der Waals surface area contributed by atoms with Gasteiger partial charge < -0.3 is 10.1 Å². The second-order valence-corrected chi connectivity index (χ2v) is 6.79. The fraction of sp³-hybridized carbons (Fsp3) is 0.188. The van der Waals surface area contributed by atoms with E-state index in [0.29, 0.717) is 0 Å². The lowest BCUT2D eigenvalue weighted by Gasteiger charge is -2.18. The highest BCUT2D eigenvalue weighted by Crippen LogP contribution is 2.36. The van der Waals surface area contributed by atoms with E-state index < -0.39 is 9.75 Å². The van der Waals surface area contributed by atoms with Gasteiger partial charge in [-0.05, 0) is 11.6 Å². The summed E-state index contributed by atoms with van der Waals surface area (Å²) in [7, 11) is 1.32. The van der Waals surface area contributed by atoms with Crippen LogP contribution in [0.15, 0.2) is 48.5 Å². The van der Waals surface area contributed by atoms with Crippen LogP contribution in [0.1, 0.15) is 10.4 Å². The molecule has 2 aromatic rings. The van der Waals surface area contributed by atoms with Gasteiger partial charge in [-0.25, -0.2) is 0 Å². The number of hydrogen-bond acceptors (Lipinski definition) is 4. The van der Waals surface area contributed by atoms with Crippen molar-refractivity contribution in [2.24, 2.45) is 0 Å². The van der Waals surface area contributed by atoms with E-state index in [1.54, 1.807) is 6.07 Å². The van der Waals surface area contributed by atoms with Gasteiger partial charge in [-0.3, -0.25) is 14.9 Å². The van der Waals surface area contributed by atoms with Crippen molar-refractivity contribution in [3.8, 4) is 5.75 Å². The van der Waals surface area contributed by atoms with Gasteiger partial charge in [0.15, 0.2) is 0 Å². The molecule has 0 fully saturated rings. The zero-order valence-corrected chi connectivity index (χ0v) is 15.8. The number of ether oxygens (including phenoxy) is 1. The van der Waals surface area contributed by atoms with E-state index in [1.807, 2.05) is 30.3 Å². The predicted octanol–water partition coefficient (Wildman–Crippen LogP) is 4.44. The second kappa shape index (κ2) is 8.25. The van der Waals surface area contributed by atoms with Gasteiger partial charge in [0.25, 0.3) is 0 Å². The van der Waals surface area contributed by atoms with Gasteiger partial charge in [-0.2, -0.15) is 0 Å². The molecule has 0 bridgehead atoms. The summed E-state index contributed by atoms with van der Waals surface area (Å²) >= 11 is 6.85. The van der Waals surface area contributed by atoms with Crippen LogP contribution in [0.4, 0.5) is 11.4 Å². The van der Waals surface area contributed by atoms with E-state index in [9.17, 15) is 14.9 Å². The molecule has 0 aliphatic rings. The highest BCUT2D eigenvalue weighted by molar-refractivity contribution is 9.12. The van der Waals surface area contributed by atoms with Gasteiger partial charge in [-0.1, -0.05) is 68.3 Å². The number of nitrogens with zero attached hydrogens (tertiary/aromatic N) is 1.